The smallest absolute Gasteiger partial charge is 0.255 e. The van der Waals surface area contributed by atoms with Crippen molar-refractivity contribution in [2.75, 3.05) is 26.5 Å². The van der Waals surface area contributed by atoms with Crippen LogP contribution in [-0.2, 0) is 4.74 Å². The van der Waals surface area contributed by atoms with Crippen molar-refractivity contribution < 1.29 is 9.53 Å². The number of carbonyl (C=O) groups excluding carboxylic acids is 1. The second-order valence-corrected chi connectivity index (χ2v) is 6.54. The van der Waals surface area contributed by atoms with Crippen LogP contribution in [0.15, 0.2) is 18.2 Å². The Morgan fingerprint density at radius 2 is 2.05 bits per heavy atom. The van der Waals surface area contributed by atoms with Crippen LogP contribution in [0.2, 0.25) is 5.02 Å². The minimum absolute atomic E-state index is 0.0487. The zero-order valence-electron chi connectivity index (χ0n) is 13.7. The van der Waals surface area contributed by atoms with Crippen LogP contribution in [0.1, 0.15) is 37.6 Å². The number of hydrogen-bond acceptors (Lipinski definition) is 3. The summed E-state index contributed by atoms with van der Waals surface area (Å²) in [6.45, 7) is 6.13. The third-order valence-electron chi connectivity index (χ3n) is 3.37. The quantitative estimate of drug-likeness (QED) is 0.871. The number of benzene rings is 1. The Bertz CT molecular complexity index is 501. The first-order chi connectivity index (χ1) is 9.66. The summed E-state index contributed by atoms with van der Waals surface area (Å²) in [5.74, 6) is -0.0487. The van der Waals surface area contributed by atoms with Crippen LogP contribution >= 0.6 is 11.6 Å². The molecule has 0 saturated heterocycles. The average molecular weight is 313 g/mol. The van der Waals surface area contributed by atoms with Gasteiger partial charge in [0.05, 0.1) is 11.2 Å². The number of anilines is 1. The molecule has 1 aromatic rings. The zero-order chi connectivity index (χ0) is 16.2. The first kappa shape index (κ1) is 17.8. The Morgan fingerprint density at radius 3 is 2.57 bits per heavy atom. The van der Waals surface area contributed by atoms with Gasteiger partial charge in [0.2, 0.25) is 0 Å². The lowest BCUT2D eigenvalue weighted by molar-refractivity contribution is 0.0128. The molecule has 118 valence electrons. The maximum Gasteiger partial charge on any atom is 0.255 e. The molecule has 4 nitrogen and oxygen atoms in total. The number of nitrogens with one attached hydrogen (secondary N) is 1. The Labute approximate surface area is 132 Å². The molecule has 1 amide bonds. The van der Waals surface area contributed by atoms with E-state index >= 15 is 0 Å². The predicted molar refractivity (Wildman–Crippen MR) is 88.3 cm³/mol. The van der Waals surface area contributed by atoms with Gasteiger partial charge in [0.15, 0.2) is 0 Å². The van der Waals surface area contributed by atoms with Crippen molar-refractivity contribution in [3.8, 4) is 0 Å². The maximum atomic E-state index is 12.2. The van der Waals surface area contributed by atoms with Gasteiger partial charge in [-0.25, -0.2) is 0 Å². The summed E-state index contributed by atoms with van der Waals surface area (Å²) < 4.78 is 5.44. The third kappa shape index (κ3) is 5.21. The van der Waals surface area contributed by atoms with Crippen molar-refractivity contribution >= 4 is 23.2 Å². The van der Waals surface area contributed by atoms with E-state index in [1.807, 2.05) is 13.8 Å². The lowest BCUT2D eigenvalue weighted by Crippen LogP contribution is -2.32. The molecule has 1 N–H and O–H groups in total. The first-order valence-electron chi connectivity index (χ1n) is 6.99. The van der Waals surface area contributed by atoms with Crippen LogP contribution in [0.25, 0.3) is 0 Å². The van der Waals surface area contributed by atoms with Gasteiger partial charge in [0.1, 0.15) is 0 Å². The predicted octanol–water partition coefficient (Wildman–Crippen LogP) is 3.66. The summed E-state index contributed by atoms with van der Waals surface area (Å²) >= 11 is 6.06. The summed E-state index contributed by atoms with van der Waals surface area (Å²) in [5.41, 5.74) is 1.14. The Hall–Kier alpha value is -1.26. The van der Waals surface area contributed by atoms with E-state index in [4.69, 9.17) is 16.3 Å². The molecular formula is C16H25ClN2O2. The molecule has 0 aliphatic heterocycles. The molecule has 0 heterocycles. The molecule has 1 unspecified atom stereocenters. The molecule has 1 aromatic carbocycles. The van der Waals surface area contributed by atoms with Crippen LogP contribution in [-0.4, -0.2) is 43.7 Å². The van der Waals surface area contributed by atoms with Crippen molar-refractivity contribution in [3.63, 3.8) is 0 Å². The standard InChI is InChI=1S/C16H25ClN2O2/c1-11(10-16(2,3)21-6)18-14-9-12(17)7-8-13(14)15(20)19(4)5/h7-9,11,18H,10H2,1-6H3. The monoisotopic (exact) mass is 312 g/mol. The summed E-state index contributed by atoms with van der Waals surface area (Å²) in [6, 6.07) is 5.41. The summed E-state index contributed by atoms with van der Waals surface area (Å²) in [7, 11) is 5.17. The fourth-order valence-electron chi connectivity index (χ4n) is 2.20. The number of hydrogen-bond donors (Lipinski definition) is 1. The van der Waals surface area contributed by atoms with Crippen LogP contribution < -0.4 is 5.32 Å². The van der Waals surface area contributed by atoms with Gasteiger partial charge >= 0.3 is 0 Å². The molecule has 0 saturated carbocycles. The second kappa shape index (κ2) is 7.14. The SMILES string of the molecule is COC(C)(C)CC(C)Nc1cc(Cl)ccc1C(=O)N(C)C. The highest BCUT2D eigenvalue weighted by molar-refractivity contribution is 6.31. The van der Waals surface area contributed by atoms with Crippen molar-refractivity contribution in [2.24, 2.45) is 0 Å². The number of methoxy groups -OCH3 is 1. The number of nitrogens with zero attached hydrogens (tertiary/aromatic N) is 1. The largest absolute Gasteiger partial charge is 0.382 e. The van der Waals surface area contributed by atoms with E-state index in [-0.39, 0.29) is 17.6 Å². The highest BCUT2D eigenvalue weighted by Gasteiger charge is 2.22. The molecule has 1 rings (SSSR count). The lowest BCUT2D eigenvalue weighted by atomic mass is 9.99. The van der Waals surface area contributed by atoms with Gasteiger partial charge in [-0.2, -0.15) is 0 Å². The van der Waals surface area contributed by atoms with Crippen molar-refractivity contribution in [1.82, 2.24) is 4.90 Å². The van der Waals surface area contributed by atoms with Crippen LogP contribution in [0.4, 0.5) is 5.69 Å². The van der Waals surface area contributed by atoms with E-state index in [1.165, 1.54) is 0 Å². The molecule has 0 spiro atoms. The molecular weight excluding hydrogens is 288 g/mol. The zero-order valence-corrected chi connectivity index (χ0v) is 14.4. The average Bonchev–Trinajstić information content (AvgIpc) is 2.37. The molecule has 1 atom stereocenters. The Balaban J connectivity index is 2.96. The number of halogens is 1. The van der Waals surface area contributed by atoms with E-state index in [9.17, 15) is 4.79 Å². The van der Waals surface area contributed by atoms with Crippen LogP contribution in [0, 0.1) is 0 Å². The molecule has 0 bridgehead atoms. The highest BCUT2D eigenvalue weighted by atomic mass is 35.5. The van der Waals surface area contributed by atoms with E-state index in [0.29, 0.717) is 10.6 Å². The van der Waals surface area contributed by atoms with Gasteiger partial charge in [-0.15, -0.1) is 0 Å². The van der Waals surface area contributed by atoms with Crippen molar-refractivity contribution in [3.05, 3.63) is 28.8 Å². The van der Waals surface area contributed by atoms with Crippen LogP contribution in [0.3, 0.4) is 0 Å². The van der Waals surface area contributed by atoms with Gasteiger partial charge in [-0.05, 0) is 45.4 Å². The summed E-state index contributed by atoms with van der Waals surface area (Å²) in [6.07, 6.45) is 0.811. The summed E-state index contributed by atoms with van der Waals surface area (Å²) in [5, 5.41) is 3.97. The second-order valence-electron chi connectivity index (χ2n) is 6.10. The van der Waals surface area contributed by atoms with Gasteiger partial charge in [0, 0.05) is 38.0 Å². The van der Waals surface area contributed by atoms with Gasteiger partial charge in [-0.1, -0.05) is 11.6 Å². The van der Waals surface area contributed by atoms with E-state index in [1.54, 1.807) is 44.3 Å². The molecule has 21 heavy (non-hydrogen) atoms. The molecule has 5 heteroatoms. The topological polar surface area (TPSA) is 41.6 Å². The van der Waals surface area contributed by atoms with Crippen molar-refractivity contribution in [1.29, 1.82) is 0 Å². The van der Waals surface area contributed by atoms with E-state index < -0.39 is 0 Å². The molecule has 0 aromatic heterocycles. The first-order valence-corrected chi connectivity index (χ1v) is 7.37. The van der Waals surface area contributed by atoms with Gasteiger partial charge in [0.25, 0.3) is 5.91 Å². The molecule has 0 aliphatic carbocycles. The van der Waals surface area contributed by atoms with E-state index in [0.717, 1.165) is 12.1 Å². The summed E-state index contributed by atoms with van der Waals surface area (Å²) in [4.78, 5) is 13.8. The minimum Gasteiger partial charge on any atom is -0.382 e. The Kier molecular flexibility index (Phi) is 6.05. The number of ether oxygens (including phenoxy) is 1. The van der Waals surface area contributed by atoms with Gasteiger partial charge in [-0.3, -0.25) is 4.79 Å². The molecule has 0 aliphatic rings. The number of amides is 1. The fraction of sp³-hybridized carbons (Fsp3) is 0.562. The van der Waals surface area contributed by atoms with Crippen molar-refractivity contribution in [2.45, 2.75) is 38.8 Å². The fourth-order valence-corrected chi connectivity index (χ4v) is 2.37. The molecule has 0 fully saturated rings. The maximum absolute atomic E-state index is 12.2. The normalized spacial score (nSPS) is 12.9. The third-order valence-corrected chi connectivity index (χ3v) is 3.61. The number of rotatable bonds is 6. The highest BCUT2D eigenvalue weighted by Crippen LogP contribution is 2.25. The van der Waals surface area contributed by atoms with Gasteiger partial charge < -0.3 is 15.0 Å². The lowest BCUT2D eigenvalue weighted by Gasteiger charge is -2.28. The number of carbonyl (C=O) groups is 1. The minimum atomic E-state index is -0.225. The van der Waals surface area contributed by atoms with E-state index in [2.05, 4.69) is 12.2 Å². The molecule has 0 radical (unpaired) electrons. The van der Waals surface area contributed by atoms with Crippen LogP contribution in [0.5, 0.6) is 0 Å². The Morgan fingerprint density at radius 1 is 1.43 bits per heavy atom.